The second kappa shape index (κ2) is 7.32. The molecule has 0 fully saturated rings. The van der Waals surface area contributed by atoms with Gasteiger partial charge < -0.3 is 4.57 Å². The van der Waals surface area contributed by atoms with Crippen LogP contribution in [0, 0.1) is 6.92 Å². The number of aromatic nitrogens is 3. The third-order valence-electron chi connectivity index (χ3n) is 3.62. The monoisotopic (exact) mass is 387 g/mol. The molecule has 0 aliphatic rings. The van der Waals surface area contributed by atoms with Crippen LogP contribution in [0.2, 0.25) is 0 Å². The van der Waals surface area contributed by atoms with Gasteiger partial charge >= 0.3 is 0 Å². The highest BCUT2D eigenvalue weighted by atomic mass is 79.9. The highest BCUT2D eigenvalue weighted by Crippen LogP contribution is 2.27. The van der Waals surface area contributed by atoms with Gasteiger partial charge in [-0.2, -0.15) is 0 Å². The van der Waals surface area contributed by atoms with Crippen molar-refractivity contribution in [2.45, 2.75) is 31.3 Å². The summed E-state index contributed by atoms with van der Waals surface area (Å²) in [5.41, 5.74) is 3.64. The Morgan fingerprint density at radius 2 is 1.70 bits per heavy atom. The van der Waals surface area contributed by atoms with Crippen LogP contribution in [0.4, 0.5) is 0 Å². The minimum Gasteiger partial charge on any atom is -0.302 e. The first-order valence-electron chi connectivity index (χ1n) is 7.55. The van der Waals surface area contributed by atoms with Crippen molar-refractivity contribution in [3.05, 3.63) is 64.1 Å². The van der Waals surface area contributed by atoms with Gasteiger partial charge in [-0.05, 0) is 31.5 Å². The summed E-state index contributed by atoms with van der Waals surface area (Å²) in [6.07, 6.45) is 0. The summed E-state index contributed by atoms with van der Waals surface area (Å²) in [5, 5.41) is 9.75. The van der Waals surface area contributed by atoms with Crippen molar-refractivity contribution < 1.29 is 0 Å². The number of aryl methyl sites for hydroxylation is 1. The fourth-order valence-corrected chi connectivity index (χ4v) is 3.55. The second-order valence-corrected chi connectivity index (χ2v) is 7.19. The van der Waals surface area contributed by atoms with Crippen LogP contribution in [0.15, 0.2) is 58.2 Å². The molecular formula is C18H18BrN3S. The van der Waals surface area contributed by atoms with Gasteiger partial charge in [-0.15, -0.1) is 10.2 Å². The predicted octanol–water partition coefficient (Wildman–Crippen LogP) is 5.33. The molecule has 0 bridgehead atoms. The van der Waals surface area contributed by atoms with E-state index in [0.29, 0.717) is 0 Å². The molecule has 0 aliphatic carbocycles. The Kier molecular flexibility index (Phi) is 5.18. The lowest BCUT2D eigenvalue weighted by atomic mass is 10.1. The second-order valence-electron chi connectivity index (χ2n) is 5.33. The van der Waals surface area contributed by atoms with E-state index in [4.69, 9.17) is 0 Å². The van der Waals surface area contributed by atoms with Crippen LogP contribution in [0.3, 0.4) is 0 Å². The van der Waals surface area contributed by atoms with Gasteiger partial charge in [-0.3, -0.25) is 0 Å². The summed E-state index contributed by atoms with van der Waals surface area (Å²) >= 11 is 5.19. The first-order chi connectivity index (χ1) is 11.2. The summed E-state index contributed by atoms with van der Waals surface area (Å²) in [4.78, 5) is 0. The smallest absolute Gasteiger partial charge is 0.191 e. The van der Waals surface area contributed by atoms with E-state index in [1.165, 1.54) is 11.1 Å². The quantitative estimate of drug-likeness (QED) is 0.554. The Balaban J connectivity index is 1.80. The minimum atomic E-state index is 0.860. The Hall–Kier alpha value is -1.59. The van der Waals surface area contributed by atoms with Crippen molar-refractivity contribution in [2.75, 3.05) is 0 Å². The number of benzene rings is 2. The molecule has 2 aromatic carbocycles. The molecule has 0 amide bonds. The van der Waals surface area contributed by atoms with Gasteiger partial charge in [0.25, 0.3) is 0 Å². The number of halogens is 1. The van der Waals surface area contributed by atoms with Gasteiger partial charge in [-0.1, -0.05) is 69.7 Å². The molecule has 0 aliphatic heterocycles. The largest absolute Gasteiger partial charge is 0.302 e. The zero-order chi connectivity index (χ0) is 16.2. The molecule has 1 heterocycles. The van der Waals surface area contributed by atoms with E-state index in [-0.39, 0.29) is 0 Å². The molecule has 0 spiro atoms. The van der Waals surface area contributed by atoms with E-state index < -0.39 is 0 Å². The van der Waals surface area contributed by atoms with Gasteiger partial charge in [0.15, 0.2) is 11.0 Å². The SMILES string of the molecule is CCn1c(SCc2ccc(Br)cc2)nnc1-c1ccc(C)cc1. The summed E-state index contributed by atoms with van der Waals surface area (Å²) < 4.78 is 3.28. The Labute approximate surface area is 149 Å². The predicted molar refractivity (Wildman–Crippen MR) is 99.6 cm³/mol. The molecule has 0 radical (unpaired) electrons. The van der Waals surface area contributed by atoms with Crippen molar-refractivity contribution in [1.29, 1.82) is 0 Å². The average molecular weight is 388 g/mol. The van der Waals surface area contributed by atoms with E-state index in [2.05, 4.69) is 93.1 Å². The number of hydrogen-bond acceptors (Lipinski definition) is 3. The molecule has 0 saturated heterocycles. The highest BCUT2D eigenvalue weighted by Gasteiger charge is 2.13. The zero-order valence-electron chi connectivity index (χ0n) is 13.2. The van der Waals surface area contributed by atoms with Crippen LogP contribution in [0.5, 0.6) is 0 Å². The standard InChI is InChI=1S/C18H18BrN3S/c1-3-22-17(15-8-4-13(2)5-9-15)20-21-18(22)23-12-14-6-10-16(19)11-7-14/h4-11H,3,12H2,1-2H3. The first-order valence-corrected chi connectivity index (χ1v) is 9.32. The van der Waals surface area contributed by atoms with Crippen LogP contribution in [0.25, 0.3) is 11.4 Å². The lowest BCUT2D eigenvalue weighted by molar-refractivity contribution is 0.687. The van der Waals surface area contributed by atoms with Crippen LogP contribution >= 0.6 is 27.7 Å². The molecule has 0 unspecified atom stereocenters. The molecule has 5 heteroatoms. The van der Waals surface area contributed by atoms with Crippen molar-refractivity contribution in [3.63, 3.8) is 0 Å². The van der Waals surface area contributed by atoms with Crippen LogP contribution in [0.1, 0.15) is 18.1 Å². The van der Waals surface area contributed by atoms with Gasteiger partial charge in [0, 0.05) is 22.3 Å². The molecule has 1 aromatic heterocycles. The molecule has 0 saturated carbocycles. The summed E-state index contributed by atoms with van der Waals surface area (Å²) in [6, 6.07) is 16.8. The Morgan fingerprint density at radius 3 is 2.35 bits per heavy atom. The molecule has 23 heavy (non-hydrogen) atoms. The first kappa shape index (κ1) is 16.3. The average Bonchev–Trinajstić information content (AvgIpc) is 2.98. The zero-order valence-corrected chi connectivity index (χ0v) is 15.6. The third kappa shape index (κ3) is 3.85. The molecular weight excluding hydrogens is 370 g/mol. The lowest BCUT2D eigenvalue weighted by Crippen LogP contribution is -1.99. The van der Waals surface area contributed by atoms with E-state index >= 15 is 0 Å². The topological polar surface area (TPSA) is 30.7 Å². The van der Waals surface area contributed by atoms with E-state index in [1.807, 2.05) is 0 Å². The molecule has 0 atom stereocenters. The molecule has 0 N–H and O–H groups in total. The van der Waals surface area contributed by atoms with Crippen molar-refractivity contribution in [3.8, 4) is 11.4 Å². The third-order valence-corrected chi connectivity index (χ3v) is 5.19. The normalized spacial score (nSPS) is 10.9. The van der Waals surface area contributed by atoms with E-state index in [9.17, 15) is 0 Å². The Bertz CT molecular complexity index is 779. The molecule has 3 aromatic rings. The minimum absolute atomic E-state index is 0.860. The molecule has 118 valence electrons. The van der Waals surface area contributed by atoms with Crippen LogP contribution in [-0.4, -0.2) is 14.8 Å². The van der Waals surface area contributed by atoms with Crippen LogP contribution in [-0.2, 0) is 12.3 Å². The summed E-state index contributed by atoms with van der Waals surface area (Å²) in [6.45, 7) is 5.08. The van der Waals surface area contributed by atoms with Gasteiger partial charge in [0.2, 0.25) is 0 Å². The number of thioether (sulfide) groups is 1. The summed E-state index contributed by atoms with van der Waals surface area (Å²) in [5.74, 6) is 1.82. The van der Waals surface area contributed by atoms with Crippen LogP contribution < -0.4 is 0 Å². The van der Waals surface area contributed by atoms with Gasteiger partial charge in [0.1, 0.15) is 0 Å². The number of nitrogens with zero attached hydrogens (tertiary/aromatic N) is 3. The maximum absolute atomic E-state index is 4.40. The fourth-order valence-electron chi connectivity index (χ4n) is 2.33. The molecule has 3 rings (SSSR count). The number of hydrogen-bond donors (Lipinski definition) is 0. The Morgan fingerprint density at radius 1 is 1.00 bits per heavy atom. The fraction of sp³-hybridized carbons (Fsp3) is 0.222. The molecule has 3 nitrogen and oxygen atoms in total. The van der Waals surface area contributed by atoms with E-state index in [1.54, 1.807) is 11.8 Å². The maximum atomic E-state index is 4.40. The highest BCUT2D eigenvalue weighted by molar-refractivity contribution is 9.10. The lowest BCUT2D eigenvalue weighted by Gasteiger charge is -2.07. The van der Waals surface area contributed by atoms with Gasteiger partial charge in [0.05, 0.1) is 0 Å². The van der Waals surface area contributed by atoms with Gasteiger partial charge in [-0.25, -0.2) is 0 Å². The van der Waals surface area contributed by atoms with Crippen molar-refractivity contribution in [1.82, 2.24) is 14.8 Å². The van der Waals surface area contributed by atoms with Crippen molar-refractivity contribution in [2.24, 2.45) is 0 Å². The van der Waals surface area contributed by atoms with Crippen molar-refractivity contribution >= 4 is 27.7 Å². The summed E-state index contributed by atoms with van der Waals surface area (Å²) in [7, 11) is 0. The maximum Gasteiger partial charge on any atom is 0.191 e. The number of rotatable bonds is 5. The van der Waals surface area contributed by atoms with E-state index in [0.717, 1.165) is 33.3 Å².